The van der Waals surface area contributed by atoms with Gasteiger partial charge in [-0.2, -0.15) is 0 Å². The van der Waals surface area contributed by atoms with E-state index in [1.807, 2.05) is 31.2 Å². The van der Waals surface area contributed by atoms with Crippen molar-refractivity contribution in [3.63, 3.8) is 0 Å². The van der Waals surface area contributed by atoms with Gasteiger partial charge in [0.05, 0.1) is 25.4 Å². The average Bonchev–Trinajstić information content (AvgIpc) is 2.91. The molecule has 0 heterocycles. The summed E-state index contributed by atoms with van der Waals surface area (Å²) in [6.45, 7) is 11.6. The summed E-state index contributed by atoms with van der Waals surface area (Å²) in [4.78, 5) is 12.0. The third kappa shape index (κ3) is 8.00. The van der Waals surface area contributed by atoms with Crippen molar-refractivity contribution in [2.75, 3.05) is 6.61 Å². The Morgan fingerprint density at radius 1 is 0.868 bits per heavy atom. The largest absolute Gasteiger partial charge is 0.463 e. The first-order chi connectivity index (χ1) is 18.3. The Morgan fingerprint density at radius 3 is 1.89 bits per heavy atom. The summed E-state index contributed by atoms with van der Waals surface area (Å²) in [6.07, 6.45) is 4.49. The van der Waals surface area contributed by atoms with Crippen LogP contribution in [0, 0.1) is 0 Å². The quantitative estimate of drug-likeness (QED) is 0.145. The number of rotatable bonds is 13. The molecule has 2 atom stereocenters. The minimum atomic E-state index is -2.76. The van der Waals surface area contributed by atoms with Gasteiger partial charge in [0, 0.05) is 6.08 Å². The maximum Gasteiger partial charge on any atom is 0.330 e. The van der Waals surface area contributed by atoms with Crippen LogP contribution in [0.1, 0.15) is 53.0 Å². The molecule has 0 aliphatic rings. The molecule has 0 spiro atoms. The summed E-state index contributed by atoms with van der Waals surface area (Å²) in [5.74, 6) is -0.329. The van der Waals surface area contributed by atoms with Crippen molar-refractivity contribution in [1.29, 1.82) is 0 Å². The van der Waals surface area contributed by atoms with Crippen LogP contribution in [0.5, 0.6) is 0 Å². The van der Waals surface area contributed by atoms with Crippen molar-refractivity contribution >= 4 is 24.7 Å². The molecule has 0 aliphatic heterocycles. The lowest BCUT2D eigenvalue weighted by Gasteiger charge is -2.45. The molecule has 0 saturated heterocycles. The molecule has 38 heavy (non-hydrogen) atoms. The van der Waals surface area contributed by atoms with Crippen molar-refractivity contribution in [3.05, 3.63) is 109 Å². The molecule has 0 unspecified atom stereocenters. The fourth-order valence-corrected chi connectivity index (χ4v) is 9.60. The van der Waals surface area contributed by atoms with E-state index in [-0.39, 0.29) is 23.2 Å². The second-order valence-corrected chi connectivity index (χ2v) is 14.9. The molecule has 0 amide bonds. The topological polar surface area (TPSA) is 44.8 Å². The zero-order valence-electron chi connectivity index (χ0n) is 23.4. The molecule has 0 aliphatic carbocycles. The van der Waals surface area contributed by atoms with Crippen LogP contribution in [0.3, 0.4) is 0 Å². The first-order valence-electron chi connectivity index (χ1n) is 13.5. The maximum atomic E-state index is 12.0. The number of benzene rings is 3. The predicted molar refractivity (Wildman–Crippen MR) is 158 cm³/mol. The van der Waals surface area contributed by atoms with Gasteiger partial charge in [0.15, 0.2) is 0 Å². The standard InChI is InChI=1S/C33H42O4Si/c1-6-35-32(34)24-16-19-29(25-27(2)36-26-28-17-10-7-11-18-28)37-38(33(3,4)5,30-20-12-8-13-21-30)31-22-14-9-15-23-31/h7-18,20-24,27,29H,6,19,25-26H2,1-5H3/b24-16+/t27-,29-/m1/s1. The van der Waals surface area contributed by atoms with Crippen molar-refractivity contribution in [1.82, 2.24) is 0 Å². The average molecular weight is 531 g/mol. The van der Waals surface area contributed by atoms with Crippen molar-refractivity contribution in [2.24, 2.45) is 0 Å². The molecule has 5 heteroatoms. The molecule has 0 saturated carbocycles. The molecule has 0 aromatic heterocycles. The van der Waals surface area contributed by atoms with E-state index >= 15 is 0 Å². The van der Waals surface area contributed by atoms with Gasteiger partial charge in [0.2, 0.25) is 0 Å². The van der Waals surface area contributed by atoms with E-state index in [1.54, 1.807) is 0 Å². The normalized spacial score (nSPS) is 13.8. The van der Waals surface area contributed by atoms with Crippen LogP contribution in [-0.2, 0) is 25.3 Å². The lowest BCUT2D eigenvalue weighted by atomic mass is 10.1. The second-order valence-electron chi connectivity index (χ2n) is 10.6. The summed E-state index contributed by atoms with van der Waals surface area (Å²) in [7, 11) is -2.76. The molecule has 0 bridgehead atoms. The fraction of sp³-hybridized carbons (Fsp3) is 0.364. The van der Waals surface area contributed by atoms with Crippen LogP contribution in [-0.4, -0.2) is 33.1 Å². The Bertz CT molecular complexity index is 1080. The van der Waals surface area contributed by atoms with Gasteiger partial charge in [-0.15, -0.1) is 0 Å². The van der Waals surface area contributed by atoms with E-state index in [2.05, 4.69) is 100 Å². The third-order valence-corrected chi connectivity index (χ3v) is 11.8. The highest BCUT2D eigenvalue weighted by molar-refractivity contribution is 6.99. The molecular formula is C33H42O4Si. The second kappa shape index (κ2) is 14.2. The van der Waals surface area contributed by atoms with Crippen molar-refractivity contribution < 1.29 is 18.7 Å². The lowest BCUT2D eigenvalue weighted by molar-refractivity contribution is -0.137. The van der Waals surface area contributed by atoms with Crippen LogP contribution < -0.4 is 10.4 Å². The molecule has 0 radical (unpaired) electrons. The zero-order chi connectivity index (χ0) is 27.4. The van der Waals surface area contributed by atoms with Gasteiger partial charge in [-0.05, 0) is 47.7 Å². The van der Waals surface area contributed by atoms with Gasteiger partial charge < -0.3 is 13.9 Å². The van der Waals surface area contributed by atoms with E-state index in [0.717, 1.165) is 5.56 Å². The van der Waals surface area contributed by atoms with Crippen LogP contribution in [0.25, 0.3) is 0 Å². The molecule has 3 rings (SSSR count). The smallest absolute Gasteiger partial charge is 0.330 e. The molecule has 3 aromatic rings. The Hall–Kier alpha value is -2.99. The highest BCUT2D eigenvalue weighted by Crippen LogP contribution is 2.38. The van der Waals surface area contributed by atoms with Gasteiger partial charge in [-0.1, -0.05) is 118 Å². The molecule has 202 valence electrons. The number of hydrogen-bond acceptors (Lipinski definition) is 4. The molecule has 0 fully saturated rings. The van der Waals surface area contributed by atoms with Crippen LogP contribution >= 0.6 is 0 Å². The first kappa shape index (κ1) is 29.6. The number of carbonyl (C=O) groups is 1. The lowest BCUT2D eigenvalue weighted by Crippen LogP contribution is -2.67. The van der Waals surface area contributed by atoms with Crippen molar-refractivity contribution in [3.8, 4) is 0 Å². The van der Waals surface area contributed by atoms with Crippen LogP contribution in [0.15, 0.2) is 103 Å². The zero-order valence-corrected chi connectivity index (χ0v) is 24.4. The minimum absolute atomic E-state index is 0.0329. The summed E-state index contributed by atoms with van der Waals surface area (Å²) < 4.78 is 18.8. The number of ether oxygens (including phenoxy) is 2. The molecule has 3 aromatic carbocycles. The fourth-order valence-electron chi connectivity index (χ4n) is 4.89. The molecular weight excluding hydrogens is 488 g/mol. The highest BCUT2D eigenvalue weighted by Gasteiger charge is 2.51. The van der Waals surface area contributed by atoms with Gasteiger partial charge in [-0.25, -0.2) is 4.79 Å². The Balaban J connectivity index is 1.95. The Labute approximate surface area is 229 Å². The summed E-state index contributed by atoms with van der Waals surface area (Å²) in [6, 6.07) is 31.5. The maximum absolute atomic E-state index is 12.0. The van der Waals surface area contributed by atoms with E-state index < -0.39 is 8.32 Å². The number of esters is 1. The first-order valence-corrected chi connectivity index (χ1v) is 15.4. The van der Waals surface area contributed by atoms with Crippen LogP contribution in [0.2, 0.25) is 5.04 Å². The summed E-state index contributed by atoms with van der Waals surface area (Å²) >= 11 is 0. The molecule has 0 N–H and O–H groups in total. The SMILES string of the molecule is CCOC(=O)/C=C/C[C@H](C[C@@H](C)OCc1ccccc1)O[Si](c1ccccc1)(c1ccccc1)C(C)(C)C. The van der Waals surface area contributed by atoms with Crippen molar-refractivity contribution in [2.45, 2.75) is 71.3 Å². The highest BCUT2D eigenvalue weighted by atomic mass is 28.4. The number of hydrogen-bond donors (Lipinski definition) is 0. The Morgan fingerprint density at radius 2 is 1.39 bits per heavy atom. The van der Waals surface area contributed by atoms with Gasteiger partial charge in [-0.3, -0.25) is 0 Å². The van der Waals surface area contributed by atoms with Crippen LogP contribution in [0.4, 0.5) is 0 Å². The third-order valence-electron chi connectivity index (χ3n) is 6.67. The summed E-state index contributed by atoms with van der Waals surface area (Å²) in [5.41, 5.74) is 1.14. The monoisotopic (exact) mass is 530 g/mol. The van der Waals surface area contributed by atoms with Gasteiger partial charge in [0.1, 0.15) is 0 Å². The molecule has 4 nitrogen and oxygen atoms in total. The predicted octanol–water partition coefficient (Wildman–Crippen LogP) is 6.44. The van der Waals surface area contributed by atoms with E-state index in [4.69, 9.17) is 13.9 Å². The minimum Gasteiger partial charge on any atom is -0.463 e. The van der Waals surface area contributed by atoms with Gasteiger partial charge in [0.25, 0.3) is 8.32 Å². The van der Waals surface area contributed by atoms with E-state index in [0.29, 0.717) is 26.1 Å². The van der Waals surface area contributed by atoms with E-state index in [1.165, 1.54) is 16.4 Å². The number of carbonyl (C=O) groups excluding carboxylic acids is 1. The summed E-state index contributed by atoms with van der Waals surface area (Å²) in [5, 5.41) is 2.32. The van der Waals surface area contributed by atoms with Gasteiger partial charge >= 0.3 is 5.97 Å². The van der Waals surface area contributed by atoms with E-state index in [9.17, 15) is 4.79 Å². The Kier molecular flexibility index (Phi) is 11.1.